The molecule has 1 aliphatic heterocycles. The summed E-state index contributed by atoms with van der Waals surface area (Å²) >= 11 is 0. The Morgan fingerprint density at radius 2 is 2.09 bits per heavy atom. The average Bonchev–Trinajstić information content (AvgIpc) is 2.54. The highest BCUT2D eigenvalue weighted by atomic mass is 32.2. The third kappa shape index (κ3) is 5.92. The SMILES string of the molecule is COc1cccc(CCS(=O)(=O)NCCN2CCOCC2)c1. The average molecular weight is 328 g/mol. The van der Waals surface area contributed by atoms with E-state index in [-0.39, 0.29) is 5.75 Å². The normalized spacial score (nSPS) is 16.6. The molecule has 22 heavy (non-hydrogen) atoms. The summed E-state index contributed by atoms with van der Waals surface area (Å²) in [6.07, 6.45) is 0.476. The van der Waals surface area contributed by atoms with Crippen LogP contribution in [0.25, 0.3) is 0 Å². The number of methoxy groups -OCH3 is 1. The van der Waals surface area contributed by atoms with Crippen molar-refractivity contribution in [3.8, 4) is 5.75 Å². The second-order valence-electron chi connectivity index (χ2n) is 5.27. The predicted octanol–water partition coefficient (Wildman–Crippen LogP) is 0.489. The van der Waals surface area contributed by atoms with Crippen LogP contribution in [0.1, 0.15) is 5.56 Å². The van der Waals surface area contributed by atoms with Crippen LogP contribution in [0.5, 0.6) is 5.75 Å². The lowest BCUT2D eigenvalue weighted by molar-refractivity contribution is 0.0390. The monoisotopic (exact) mass is 328 g/mol. The maximum absolute atomic E-state index is 12.0. The van der Waals surface area contributed by atoms with Crippen molar-refractivity contribution in [2.45, 2.75) is 6.42 Å². The van der Waals surface area contributed by atoms with Gasteiger partial charge in [0.1, 0.15) is 5.75 Å². The fourth-order valence-corrected chi connectivity index (χ4v) is 3.39. The van der Waals surface area contributed by atoms with Gasteiger partial charge in [0.2, 0.25) is 10.0 Å². The van der Waals surface area contributed by atoms with Gasteiger partial charge in [-0.1, -0.05) is 12.1 Å². The molecule has 1 aliphatic rings. The summed E-state index contributed by atoms with van der Waals surface area (Å²) in [6, 6.07) is 7.49. The zero-order valence-corrected chi connectivity index (χ0v) is 13.8. The highest BCUT2D eigenvalue weighted by Crippen LogP contribution is 2.13. The smallest absolute Gasteiger partial charge is 0.211 e. The van der Waals surface area contributed by atoms with Crippen molar-refractivity contribution in [3.63, 3.8) is 0 Å². The van der Waals surface area contributed by atoms with Crippen LogP contribution >= 0.6 is 0 Å². The first-order valence-electron chi connectivity index (χ1n) is 7.49. The van der Waals surface area contributed by atoms with E-state index in [2.05, 4.69) is 9.62 Å². The minimum atomic E-state index is -3.25. The first kappa shape index (κ1) is 17.2. The number of aryl methyl sites for hydroxylation is 1. The van der Waals surface area contributed by atoms with Gasteiger partial charge in [-0.15, -0.1) is 0 Å². The fourth-order valence-electron chi connectivity index (χ4n) is 2.34. The van der Waals surface area contributed by atoms with Gasteiger partial charge in [0.15, 0.2) is 0 Å². The highest BCUT2D eigenvalue weighted by Gasteiger charge is 2.13. The largest absolute Gasteiger partial charge is 0.497 e. The summed E-state index contributed by atoms with van der Waals surface area (Å²) < 4.78 is 37.1. The molecule has 7 heteroatoms. The standard InChI is InChI=1S/C15H24N2O4S/c1-20-15-4-2-3-14(13-15)5-12-22(18,19)16-6-7-17-8-10-21-11-9-17/h2-4,13,16H,5-12H2,1H3. The van der Waals surface area contributed by atoms with Crippen LogP contribution in [0.15, 0.2) is 24.3 Å². The van der Waals surface area contributed by atoms with Crippen LogP contribution in [-0.2, 0) is 21.2 Å². The molecule has 1 aromatic carbocycles. The van der Waals surface area contributed by atoms with Crippen molar-refractivity contribution in [1.82, 2.24) is 9.62 Å². The van der Waals surface area contributed by atoms with Crippen molar-refractivity contribution < 1.29 is 17.9 Å². The van der Waals surface area contributed by atoms with E-state index in [4.69, 9.17) is 9.47 Å². The molecule has 6 nitrogen and oxygen atoms in total. The summed E-state index contributed by atoms with van der Waals surface area (Å²) in [5.41, 5.74) is 0.956. The van der Waals surface area contributed by atoms with Gasteiger partial charge >= 0.3 is 0 Å². The molecule has 124 valence electrons. The molecule has 2 rings (SSSR count). The van der Waals surface area contributed by atoms with E-state index < -0.39 is 10.0 Å². The molecule has 0 spiro atoms. The lowest BCUT2D eigenvalue weighted by atomic mass is 10.2. The molecule has 1 heterocycles. The quantitative estimate of drug-likeness (QED) is 0.752. The van der Waals surface area contributed by atoms with Gasteiger partial charge in [-0.05, 0) is 24.1 Å². The van der Waals surface area contributed by atoms with Gasteiger partial charge in [0.25, 0.3) is 0 Å². The topological polar surface area (TPSA) is 67.9 Å². The Morgan fingerprint density at radius 1 is 1.32 bits per heavy atom. The Balaban J connectivity index is 1.73. The Labute approximate surface area is 132 Å². The summed E-state index contributed by atoms with van der Waals surface area (Å²) in [4.78, 5) is 2.20. The molecule has 0 radical (unpaired) electrons. The molecule has 1 aromatic rings. The predicted molar refractivity (Wildman–Crippen MR) is 85.7 cm³/mol. The van der Waals surface area contributed by atoms with Crippen LogP contribution in [0.2, 0.25) is 0 Å². The minimum absolute atomic E-state index is 0.0866. The third-order valence-corrected chi connectivity index (χ3v) is 5.03. The number of hydrogen-bond donors (Lipinski definition) is 1. The lowest BCUT2D eigenvalue weighted by Gasteiger charge is -2.26. The summed E-state index contributed by atoms with van der Waals surface area (Å²) in [5.74, 6) is 0.832. The van der Waals surface area contributed by atoms with Crippen molar-refractivity contribution in [1.29, 1.82) is 0 Å². The van der Waals surface area contributed by atoms with E-state index in [1.54, 1.807) is 7.11 Å². The van der Waals surface area contributed by atoms with Crippen LogP contribution in [0.3, 0.4) is 0 Å². The summed E-state index contributed by atoms with van der Waals surface area (Å²) in [7, 11) is -1.65. The maximum atomic E-state index is 12.0. The Morgan fingerprint density at radius 3 is 2.82 bits per heavy atom. The van der Waals surface area contributed by atoms with Crippen LogP contribution in [0, 0.1) is 0 Å². The van der Waals surface area contributed by atoms with Gasteiger partial charge in [-0.2, -0.15) is 0 Å². The first-order valence-corrected chi connectivity index (χ1v) is 9.15. The van der Waals surface area contributed by atoms with Gasteiger partial charge < -0.3 is 9.47 Å². The number of benzene rings is 1. The molecular weight excluding hydrogens is 304 g/mol. The molecule has 0 unspecified atom stereocenters. The lowest BCUT2D eigenvalue weighted by Crippen LogP contribution is -2.41. The van der Waals surface area contributed by atoms with Crippen LogP contribution < -0.4 is 9.46 Å². The Kier molecular flexibility index (Phi) is 6.63. The molecule has 1 saturated heterocycles. The number of morpholine rings is 1. The second-order valence-corrected chi connectivity index (χ2v) is 7.20. The summed E-state index contributed by atoms with van der Waals surface area (Å²) in [6.45, 7) is 4.35. The zero-order chi connectivity index (χ0) is 15.8. The van der Waals surface area contributed by atoms with E-state index in [9.17, 15) is 8.42 Å². The van der Waals surface area contributed by atoms with Crippen molar-refractivity contribution >= 4 is 10.0 Å². The highest BCUT2D eigenvalue weighted by molar-refractivity contribution is 7.89. The Bertz CT molecular complexity index is 556. The number of nitrogens with zero attached hydrogens (tertiary/aromatic N) is 1. The molecule has 1 fully saturated rings. The van der Waals surface area contributed by atoms with Crippen molar-refractivity contribution in [2.75, 3.05) is 52.3 Å². The van der Waals surface area contributed by atoms with E-state index in [1.807, 2.05) is 24.3 Å². The minimum Gasteiger partial charge on any atom is -0.497 e. The van der Waals surface area contributed by atoms with E-state index in [1.165, 1.54) is 0 Å². The van der Waals surface area contributed by atoms with Crippen LogP contribution in [0.4, 0.5) is 0 Å². The second kappa shape index (κ2) is 8.47. The molecule has 0 amide bonds. The molecule has 0 aliphatic carbocycles. The first-order chi connectivity index (χ1) is 10.6. The van der Waals surface area contributed by atoms with Gasteiger partial charge in [0.05, 0.1) is 26.1 Å². The van der Waals surface area contributed by atoms with Gasteiger partial charge in [-0.3, -0.25) is 4.90 Å². The van der Waals surface area contributed by atoms with Crippen LogP contribution in [-0.4, -0.2) is 65.6 Å². The van der Waals surface area contributed by atoms with Gasteiger partial charge in [-0.25, -0.2) is 13.1 Å². The molecule has 0 aromatic heterocycles. The molecule has 1 N–H and O–H groups in total. The summed E-state index contributed by atoms with van der Waals surface area (Å²) in [5, 5.41) is 0. The van der Waals surface area contributed by atoms with E-state index >= 15 is 0 Å². The van der Waals surface area contributed by atoms with E-state index in [0.29, 0.717) is 13.0 Å². The molecule has 0 bridgehead atoms. The number of rotatable bonds is 8. The number of ether oxygens (including phenoxy) is 2. The maximum Gasteiger partial charge on any atom is 0.211 e. The zero-order valence-electron chi connectivity index (χ0n) is 13.0. The number of nitrogens with one attached hydrogen (secondary N) is 1. The number of sulfonamides is 1. The van der Waals surface area contributed by atoms with Crippen molar-refractivity contribution in [3.05, 3.63) is 29.8 Å². The molecule has 0 atom stereocenters. The fraction of sp³-hybridized carbons (Fsp3) is 0.600. The number of hydrogen-bond acceptors (Lipinski definition) is 5. The van der Waals surface area contributed by atoms with E-state index in [0.717, 1.165) is 44.2 Å². The molecular formula is C15H24N2O4S. The Hall–Kier alpha value is -1.15. The third-order valence-electron chi connectivity index (χ3n) is 3.65. The van der Waals surface area contributed by atoms with Gasteiger partial charge in [0, 0.05) is 26.2 Å². The van der Waals surface area contributed by atoms with Crippen molar-refractivity contribution in [2.24, 2.45) is 0 Å². The molecule has 0 saturated carbocycles.